The summed E-state index contributed by atoms with van der Waals surface area (Å²) in [6.45, 7) is 6.77. The van der Waals surface area contributed by atoms with Crippen molar-refractivity contribution in [2.45, 2.75) is 51.6 Å². The van der Waals surface area contributed by atoms with Crippen LogP contribution in [0, 0.1) is 5.92 Å². The van der Waals surface area contributed by atoms with Crippen molar-refractivity contribution in [2.24, 2.45) is 5.92 Å². The van der Waals surface area contributed by atoms with E-state index in [9.17, 15) is 4.79 Å². The van der Waals surface area contributed by atoms with Gasteiger partial charge in [-0.1, -0.05) is 19.1 Å². The Morgan fingerprint density at radius 3 is 2.88 bits per heavy atom. The van der Waals surface area contributed by atoms with E-state index in [4.69, 9.17) is 0 Å². The van der Waals surface area contributed by atoms with Gasteiger partial charge in [0.2, 0.25) is 5.91 Å². The van der Waals surface area contributed by atoms with E-state index in [1.165, 1.54) is 47.5 Å². The molecule has 3 fully saturated rings. The van der Waals surface area contributed by atoms with E-state index in [-0.39, 0.29) is 5.91 Å². The quantitative estimate of drug-likeness (QED) is 0.928. The highest BCUT2D eigenvalue weighted by Gasteiger charge is 2.40. The molecule has 5 rings (SSSR count). The maximum absolute atomic E-state index is 12.6. The molecule has 1 N–H and O–H groups in total. The predicted molar refractivity (Wildman–Crippen MR) is 98.4 cm³/mol. The molecule has 0 radical (unpaired) electrons. The highest BCUT2D eigenvalue weighted by Crippen LogP contribution is 2.32. The molecule has 4 nitrogen and oxygen atoms in total. The fourth-order valence-electron chi connectivity index (χ4n) is 4.37. The topological polar surface area (TPSA) is 45.2 Å². The molecule has 4 heterocycles. The van der Waals surface area contributed by atoms with Crippen molar-refractivity contribution in [2.75, 3.05) is 13.1 Å². The van der Waals surface area contributed by atoms with Crippen LogP contribution in [0.3, 0.4) is 0 Å². The first-order valence-electron chi connectivity index (χ1n) is 9.06. The molecular weight excluding hydrogens is 318 g/mol. The average Bonchev–Trinajstić information content (AvgIpc) is 3.00. The first-order chi connectivity index (χ1) is 11.7. The van der Waals surface area contributed by atoms with Gasteiger partial charge < -0.3 is 5.32 Å². The van der Waals surface area contributed by atoms with Crippen molar-refractivity contribution in [3.63, 3.8) is 0 Å². The number of aryl methyl sites for hydroxylation is 1. The third kappa shape index (κ3) is 2.84. The standard InChI is InChI=1S/C19H25N3OS/c1-3-16-15-5-4-13(10-17(15)24-21-16)11-18(23)20-19-12(2)22-8-6-14(19)7-9-22/h4-5,10,12,14,19H,3,6-9,11H2,1-2H3,(H,20,23)/t12-,19+/m1/s1. The van der Waals surface area contributed by atoms with Gasteiger partial charge in [0.25, 0.3) is 0 Å². The molecule has 3 saturated heterocycles. The van der Waals surface area contributed by atoms with Gasteiger partial charge in [0, 0.05) is 17.5 Å². The zero-order chi connectivity index (χ0) is 16.7. The fraction of sp³-hybridized carbons (Fsp3) is 0.579. The van der Waals surface area contributed by atoms with Crippen molar-refractivity contribution in [3.8, 4) is 0 Å². The number of nitrogens with zero attached hydrogens (tertiary/aromatic N) is 2. The molecule has 3 aliphatic rings. The molecule has 2 bridgehead atoms. The summed E-state index contributed by atoms with van der Waals surface area (Å²) in [6, 6.07) is 7.12. The minimum absolute atomic E-state index is 0.153. The van der Waals surface area contributed by atoms with Crippen LogP contribution in [0.2, 0.25) is 0 Å². The normalized spacial score (nSPS) is 29.1. The number of piperidine rings is 3. The van der Waals surface area contributed by atoms with Gasteiger partial charge in [-0.2, -0.15) is 4.37 Å². The van der Waals surface area contributed by atoms with Gasteiger partial charge >= 0.3 is 0 Å². The molecule has 1 amide bonds. The summed E-state index contributed by atoms with van der Waals surface area (Å²) in [5.41, 5.74) is 2.24. The maximum atomic E-state index is 12.6. The van der Waals surface area contributed by atoms with Crippen LogP contribution in [0.5, 0.6) is 0 Å². The Bertz CT molecular complexity index is 746. The minimum Gasteiger partial charge on any atom is -0.351 e. The molecule has 0 saturated carbocycles. The van der Waals surface area contributed by atoms with E-state index >= 15 is 0 Å². The van der Waals surface area contributed by atoms with Gasteiger partial charge in [0.1, 0.15) is 0 Å². The molecule has 2 aromatic rings. The molecule has 1 aromatic heterocycles. The van der Waals surface area contributed by atoms with Gasteiger partial charge in [-0.05, 0) is 68.4 Å². The monoisotopic (exact) mass is 343 g/mol. The minimum atomic E-state index is 0.153. The molecule has 0 aliphatic carbocycles. The van der Waals surface area contributed by atoms with Crippen LogP contribution < -0.4 is 5.32 Å². The van der Waals surface area contributed by atoms with E-state index in [2.05, 4.69) is 46.6 Å². The largest absolute Gasteiger partial charge is 0.351 e. The number of carbonyl (C=O) groups excluding carboxylic acids is 1. The Hall–Kier alpha value is -1.46. The molecule has 2 atom stereocenters. The van der Waals surface area contributed by atoms with Crippen molar-refractivity contribution in [1.29, 1.82) is 0 Å². The van der Waals surface area contributed by atoms with Crippen LogP contribution in [0.25, 0.3) is 10.1 Å². The van der Waals surface area contributed by atoms with Gasteiger partial charge in [0.05, 0.1) is 16.8 Å². The molecule has 0 spiro atoms. The third-order valence-corrected chi connectivity index (χ3v) is 6.66. The Labute approximate surface area is 147 Å². The molecule has 5 heteroatoms. The van der Waals surface area contributed by atoms with Crippen molar-refractivity contribution in [3.05, 3.63) is 29.5 Å². The van der Waals surface area contributed by atoms with Crippen molar-refractivity contribution in [1.82, 2.24) is 14.6 Å². The summed E-state index contributed by atoms with van der Waals surface area (Å²) >= 11 is 1.54. The van der Waals surface area contributed by atoms with E-state index in [0.29, 0.717) is 24.4 Å². The van der Waals surface area contributed by atoms with E-state index in [1.54, 1.807) is 0 Å². The van der Waals surface area contributed by atoms with E-state index in [1.807, 2.05) is 0 Å². The number of nitrogens with one attached hydrogen (secondary N) is 1. The highest BCUT2D eigenvalue weighted by molar-refractivity contribution is 7.13. The second-order valence-electron chi connectivity index (χ2n) is 7.20. The molecule has 128 valence electrons. The number of benzene rings is 1. The van der Waals surface area contributed by atoms with Crippen LogP contribution in [0.15, 0.2) is 18.2 Å². The fourth-order valence-corrected chi connectivity index (χ4v) is 5.29. The Morgan fingerprint density at radius 2 is 2.17 bits per heavy atom. The second-order valence-corrected chi connectivity index (χ2v) is 8.00. The van der Waals surface area contributed by atoms with Gasteiger partial charge in [-0.25, -0.2) is 0 Å². The van der Waals surface area contributed by atoms with Crippen molar-refractivity contribution >= 4 is 27.5 Å². The molecule has 1 aromatic carbocycles. The third-order valence-electron chi connectivity index (χ3n) is 5.82. The summed E-state index contributed by atoms with van der Waals surface area (Å²) in [5.74, 6) is 0.810. The van der Waals surface area contributed by atoms with Gasteiger partial charge in [-0.15, -0.1) is 0 Å². The molecule has 0 unspecified atom stereocenters. The summed E-state index contributed by atoms with van der Waals surface area (Å²) in [7, 11) is 0. The number of hydrogen-bond donors (Lipinski definition) is 1. The summed E-state index contributed by atoms with van der Waals surface area (Å²) in [5, 5.41) is 4.55. The van der Waals surface area contributed by atoms with Crippen molar-refractivity contribution < 1.29 is 4.79 Å². The molecular formula is C19H25N3OS. The van der Waals surface area contributed by atoms with Crippen LogP contribution in [-0.2, 0) is 17.6 Å². The summed E-state index contributed by atoms with van der Waals surface area (Å²) < 4.78 is 5.69. The first kappa shape index (κ1) is 16.0. The van der Waals surface area contributed by atoms with Gasteiger partial charge in [0.15, 0.2) is 0 Å². The SMILES string of the molecule is CCc1nsc2cc(CC(=O)N[C@@H]3C4CCN(CC4)[C@@H]3C)ccc12. The number of rotatable bonds is 4. The summed E-state index contributed by atoms with van der Waals surface area (Å²) in [4.78, 5) is 15.1. The Morgan fingerprint density at radius 1 is 1.38 bits per heavy atom. The lowest BCUT2D eigenvalue weighted by atomic mass is 9.79. The molecule has 24 heavy (non-hydrogen) atoms. The number of amides is 1. The predicted octanol–water partition coefficient (Wildman–Crippen LogP) is 3.00. The second kappa shape index (κ2) is 6.45. The van der Waals surface area contributed by atoms with Crippen LogP contribution in [0.4, 0.5) is 0 Å². The number of carbonyl (C=O) groups is 1. The lowest BCUT2D eigenvalue weighted by Gasteiger charge is -2.50. The zero-order valence-corrected chi connectivity index (χ0v) is 15.2. The van der Waals surface area contributed by atoms with E-state index < -0.39 is 0 Å². The molecule has 3 aliphatic heterocycles. The van der Waals surface area contributed by atoms with Crippen LogP contribution >= 0.6 is 11.5 Å². The smallest absolute Gasteiger partial charge is 0.224 e. The zero-order valence-electron chi connectivity index (χ0n) is 14.4. The maximum Gasteiger partial charge on any atom is 0.224 e. The number of hydrogen-bond acceptors (Lipinski definition) is 4. The lowest BCUT2D eigenvalue weighted by molar-refractivity contribution is -0.123. The van der Waals surface area contributed by atoms with E-state index in [0.717, 1.165) is 17.7 Å². The Balaban J connectivity index is 1.44. The Kier molecular flexibility index (Phi) is 4.31. The lowest BCUT2D eigenvalue weighted by Crippen LogP contribution is -2.62. The van der Waals surface area contributed by atoms with Crippen LogP contribution in [0.1, 0.15) is 37.9 Å². The van der Waals surface area contributed by atoms with Crippen LogP contribution in [-0.4, -0.2) is 40.4 Å². The number of aromatic nitrogens is 1. The van der Waals surface area contributed by atoms with Gasteiger partial charge in [-0.3, -0.25) is 9.69 Å². The average molecular weight is 343 g/mol. The number of fused-ring (bicyclic) bond motifs is 4. The highest BCUT2D eigenvalue weighted by atomic mass is 32.1. The summed E-state index contributed by atoms with van der Waals surface area (Å²) in [6.07, 6.45) is 3.87. The first-order valence-corrected chi connectivity index (χ1v) is 9.83.